The molecule has 1 aliphatic rings. The van der Waals surface area contributed by atoms with Crippen LogP contribution in [0.2, 0.25) is 0 Å². The van der Waals surface area contributed by atoms with Gasteiger partial charge in [0, 0.05) is 12.5 Å². The van der Waals surface area contributed by atoms with Crippen LogP contribution in [0.15, 0.2) is 4.52 Å². The summed E-state index contributed by atoms with van der Waals surface area (Å²) in [5.41, 5.74) is 0. The predicted molar refractivity (Wildman–Crippen MR) is 96.0 cm³/mol. The quantitative estimate of drug-likeness (QED) is 0.632. The van der Waals surface area contributed by atoms with Crippen molar-refractivity contribution in [1.82, 2.24) is 20.4 Å². The second kappa shape index (κ2) is 9.66. The van der Waals surface area contributed by atoms with E-state index in [1.807, 2.05) is 32.8 Å². The van der Waals surface area contributed by atoms with Gasteiger partial charge in [-0.3, -0.25) is 14.1 Å². The molecular weight excluding hydrogens is 336 g/mol. The minimum absolute atomic E-state index is 0.00709. The van der Waals surface area contributed by atoms with E-state index >= 15 is 0 Å². The standard InChI is InChI=1S/C18H30N4O4/c1-12(2)11-14(19-17(24)13-7-5-6-8-13)15(23)16-20-18(26-21-16)25-10-9-22(3)4/h12-14H,5-11H2,1-4H3,(H,19,24). The van der Waals surface area contributed by atoms with Crippen molar-refractivity contribution in [3.8, 4) is 6.08 Å². The van der Waals surface area contributed by atoms with Crippen LogP contribution < -0.4 is 10.1 Å². The Labute approximate surface area is 154 Å². The summed E-state index contributed by atoms with van der Waals surface area (Å²) in [5, 5.41) is 6.62. The Morgan fingerprint density at radius 1 is 1.31 bits per heavy atom. The molecule has 0 radical (unpaired) electrons. The highest BCUT2D eigenvalue weighted by Crippen LogP contribution is 2.25. The second-order valence-corrected chi connectivity index (χ2v) is 7.57. The summed E-state index contributed by atoms with van der Waals surface area (Å²) in [4.78, 5) is 31.2. The fourth-order valence-corrected chi connectivity index (χ4v) is 3.02. The molecule has 1 heterocycles. The summed E-state index contributed by atoms with van der Waals surface area (Å²) < 4.78 is 10.3. The lowest BCUT2D eigenvalue weighted by Crippen LogP contribution is -2.44. The minimum atomic E-state index is -0.643. The van der Waals surface area contributed by atoms with E-state index in [9.17, 15) is 9.59 Å². The molecule has 1 atom stereocenters. The van der Waals surface area contributed by atoms with E-state index < -0.39 is 6.04 Å². The average molecular weight is 366 g/mol. The van der Waals surface area contributed by atoms with Crippen LogP contribution in [0.25, 0.3) is 0 Å². The number of rotatable bonds is 10. The molecule has 0 aliphatic heterocycles. The van der Waals surface area contributed by atoms with Gasteiger partial charge in [0.15, 0.2) is 0 Å². The zero-order valence-corrected chi connectivity index (χ0v) is 16.2. The Balaban J connectivity index is 1.99. The maximum Gasteiger partial charge on any atom is 0.417 e. The van der Waals surface area contributed by atoms with E-state index in [1.54, 1.807) is 0 Å². The largest absolute Gasteiger partial charge is 0.447 e. The highest BCUT2D eigenvalue weighted by Gasteiger charge is 2.31. The number of carbonyl (C=O) groups excluding carboxylic acids is 2. The van der Waals surface area contributed by atoms with Crippen molar-refractivity contribution in [3.05, 3.63) is 5.82 Å². The van der Waals surface area contributed by atoms with E-state index in [2.05, 4.69) is 15.5 Å². The van der Waals surface area contributed by atoms with Gasteiger partial charge in [0.2, 0.25) is 17.5 Å². The van der Waals surface area contributed by atoms with Crippen LogP contribution in [0.1, 0.15) is 56.6 Å². The number of nitrogens with one attached hydrogen (secondary N) is 1. The Bertz CT molecular complexity index is 594. The molecule has 8 heteroatoms. The topological polar surface area (TPSA) is 97.6 Å². The highest BCUT2D eigenvalue weighted by molar-refractivity contribution is 5.99. The number of aromatic nitrogens is 2. The van der Waals surface area contributed by atoms with Crippen LogP contribution in [-0.2, 0) is 4.79 Å². The number of nitrogens with zero attached hydrogens (tertiary/aromatic N) is 3. The molecule has 0 saturated heterocycles. The normalized spacial score (nSPS) is 16.2. The van der Waals surface area contributed by atoms with Gasteiger partial charge in [-0.2, -0.15) is 0 Å². The summed E-state index contributed by atoms with van der Waals surface area (Å²) in [6.45, 7) is 5.10. The maximum absolute atomic E-state index is 12.8. The van der Waals surface area contributed by atoms with E-state index in [-0.39, 0.29) is 35.4 Å². The Kier molecular flexibility index (Phi) is 7.56. The number of ether oxygens (including phenoxy) is 1. The van der Waals surface area contributed by atoms with Crippen molar-refractivity contribution >= 4 is 11.7 Å². The molecule has 1 aromatic heterocycles. The van der Waals surface area contributed by atoms with Crippen molar-refractivity contribution in [3.63, 3.8) is 0 Å². The van der Waals surface area contributed by atoms with Gasteiger partial charge in [-0.15, -0.1) is 4.98 Å². The Hall–Kier alpha value is -1.96. The third-order valence-corrected chi connectivity index (χ3v) is 4.46. The Morgan fingerprint density at radius 3 is 2.62 bits per heavy atom. The van der Waals surface area contributed by atoms with Gasteiger partial charge in [0.1, 0.15) is 6.61 Å². The Morgan fingerprint density at radius 2 is 2.00 bits per heavy atom. The van der Waals surface area contributed by atoms with Gasteiger partial charge in [-0.1, -0.05) is 26.7 Å². The summed E-state index contributed by atoms with van der Waals surface area (Å²) in [6.07, 6.45) is 4.42. The molecule has 26 heavy (non-hydrogen) atoms. The van der Waals surface area contributed by atoms with Crippen LogP contribution in [0, 0.1) is 11.8 Å². The highest BCUT2D eigenvalue weighted by atomic mass is 16.6. The first-order valence-electron chi connectivity index (χ1n) is 9.32. The van der Waals surface area contributed by atoms with Crippen LogP contribution in [0.3, 0.4) is 0 Å². The molecule has 1 N–H and O–H groups in total. The number of ketones is 1. The molecule has 2 rings (SSSR count). The van der Waals surface area contributed by atoms with E-state index in [4.69, 9.17) is 9.26 Å². The van der Waals surface area contributed by atoms with Gasteiger partial charge in [-0.25, -0.2) is 0 Å². The smallest absolute Gasteiger partial charge is 0.417 e. The van der Waals surface area contributed by atoms with Gasteiger partial charge >= 0.3 is 6.08 Å². The summed E-state index contributed by atoms with van der Waals surface area (Å²) in [6, 6.07) is -0.643. The first kappa shape index (κ1) is 20.4. The molecule has 0 spiro atoms. The molecular formula is C18H30N4O4. The number of Topliss-reactive ketones (excluding diaryl/α,β-unsaturated/α-hetero) is 1. The average Bonchev–Trinajstić information content (AvgIpc) is 3.24. The van der Waals surface area contributed by atoms with Crippen LogP contribution >= 0.6 is 0 Å². The molecule has 1 amide bonds. The number of hydrogen-bond donors (Lipinski definition) is 1. The first-order chi connectivity index (χ1) is 12.4. The van der Waals surface area contributed by atoms with Gasteiger partial charge < -0.3 is 15.0 Å². The van der Waals surface area contributed by atoms with Gasteiger partial charge in [-0.05, 0) is 44.4 Å². The number of likely N-dealkylation sites (N-methyl/N-ethyl adjacent to an activating group) is 1. The third kappa shape index (κ3) is 6.09. The SMILES string of the molecule is CC(C)CC(NC(=O)C1CCCC1)C(=O)c1noc(OCCN(C)C)n1. The maximum atomic E-state index is 12.8. The van der Waals surface area contributed by atoms with Crippen molar-refractivity contribution in [2.24, 2.45) is 11.8 Å². The van der Waals surface area contributed by atoms with Gasteiger partial charge in [0.25, 0.3) is 0 Å². The first-order valence-corrected chi connectivity index (χ1v) is 9.32. The van der Waals surface area contributed by atoms with Crippen molar-refractivity contribution in [1.29, 1.82) is 0 Å². The number of amides is 1. The number of carbonyl (C=O) groups is 2. The lowest BCUT2D eigenvalue weighted by Gasteiger charge is -2.20. The summed E-state index contributed by atoms with van der Waals surface area (Å²) in [5.74, 6) is -0.186. The van der Waals surface area contributed by atoms with Crippen LogP contribution in [0.4, 0.5) is 0 Å². The monoisotopic (exact) mass is 366 g/mol. The minimum Gasteiger partial charge on any atom is -0.447 e. The molecule has 0 aromatic carbocycles. The molecule has 1 unspecified atom stereocenters. The van der Waals surface area contributed by atoms with Crippen LogP contribution in [-0.4, -0.2) is 60.0 Å². The number of hydrogen-bond acceptors (Lipinski definition) is 7. The third-order valence-electron chi connectivity index (χ3n) is 4.46. The molecule has 8 nitrogen and oxygen atoms in total. The molecule has 1 saturated carbocycles. The van der Waals surface area contributed by atoms with E-state index in [1.165, 1.54) is 0 Å². The summed E-state index contributed by atoms with van der Waals surface area (Å²) >= 11 is 0. The van der Waals surface area contributed by atoms with Crippen molar-refractivity contribution in [2.75, 3.05) is 27.2 Å². The molecule has 0 bridgehead atoms. The van der Waals surface area contributed by atoms with Gasteiger partial charge in [0.05, 0.1) is 6.04 Å². The van der Waals surface area contributed by atoms with E-state index in [0.717, 1.165) is 25.7 Å². The molecule has 1 aromatic rings. The molecule has 1 fully saturated rings. The van der Waals surface area contributed by atoms with Crippen LogP contribution in [0.5, 0.6) is 6.08 Å². The lowest BCUT2D eigenvalue weighted by atomic mass is 9.98. The van der Waals surface area contributed by atoms with Crippen molar-refractivity contribution in [2.45, 2.75) is 52.0 Å². The lowest BCUT2D eigenvalue weighted by molar-refractivity contribution is -0.125. The summed E-state index contributed by atoms with van der Waals surface area (Å²) in [7, 11) is 3.85. The van der Waals surface area contributed by atoms with E-state index in [0.29, 0.717) is 19.6 Å². The fourth-order valence-electron chi connectivity index (χ4n) is 3.02. The second-order valence-electron chi connectivity index (χ2n) is 7.57. The zero-order valence-electron chi connectivity index (χ0n) is 16.2. The molecule has 1 aliphatic carbocycles. The molecule has 146 valence electrons. The zero-order chi connectivity index (χ0) is 19.1. The van der Waals surface area contributed by atoms with Crippen molar-refractivity contribution < 1.29 is 18.8 Å². The fraction of sp³-hybridized carbons (Fsp3) is 0.778. The predicted octanol–water partition coefficient (Wildman–Crippen LogP) is 1.91.